The van der Waals surface area contributed by atoms with E-state index in [9.17, 15) is 9.59 Å². The Balaban J connectivity index is 1.89. The number of thiazole rings is 1. The standard InChI is InChI=1S/C22H18N4O2S/c1-2-23-21(28)18-11-24-19-9-8-14(22-26-16(12-27)13-29-22)10-17(19)20(18)25-15-6-4-3-5-7-15/h3-13H,2H2,1H3,(H,23,28)(H,24,25). The van der Waals surface area contributed by atoms with Gasteiger partial charge in [0.2, 0.25) is 0 Å². The number of pyridine rings is 1. The molecular weight excluding hydrogens is 384 g/mol. The zero-order chi connectivity index (χ0) is 20.2. The molecule has 0 fully saturated rings. The lowest BCUT2D eigenvalue weighted by Gasteiger charge is -2.15. The van der Waals surface area contributed by atoms with Crippen molar-refractivity contribution in [1.29, 1.82) is 0 Å². The van der Waals surface area contributed by atoms with Crippen LogP contribution in [0, 0.1) is 0 Å². The summed E-state index contributed by atoms with van der Waals surface area (Å²) in [7, 11) is 0. The van der Waals surface area contributed by atoms with Crippen LogP contribution in [-0.4, -0.2) is 28.7 Å². The van der Waals surface area contributed by atoms with Gasteiger partial charge < -0.3 is 10.6 Å². The molecule has 6 nitrogen and oxygen atoms in total. The van der Waals surface area contributed by atoms with Gasteiger partial charge in [0, 0.05) is 34.8 Å². The third kappa shape index (κ3) is 3.86. The van der Waals surface area contributed by atoms with E-state index in [-0.39, 0.29) is 5.91 Å². The van der Waals surface area contributed by atoms with Crippen LogP contribution in [0.5, 0.6) is 0 Å². The molecule has 0 saturated heterocycles. The van der Waals surface area contributed by atoms with Gasteiger partial charge in [0.05, 0.1) is 16.8 Å². The highest BCUT2D eigenvalue weighted by molar-refractivity contribution is 7.13. The van der Waals surface area contributed by atoms with Crippen molar-refractivity contribution in [3.63, 3.8) is 0 Å². The van der Waals surface area contributed by atoms with Gasteiger partial charge in [0.15, 0.2) is 6.29 Å². The monoisotopic (exact) mass is 402 g/mol. The van der Waals surface area contributed by atoms with E-state index in [2.05, 4.69) is 20.6 Å². The third-order valence-corrected chi connectivity index (χ3v) is 5.29. The number of nitrogens with one attached hydrogen (secondary N) is 2. The lowest BCUT2D eigenvalue weighted by Crippen LogP contribution is -2.23. The maximum absolute atomic E-state index is 12.7. The summed E-state index contributed by atoms with van der Waals surface area (Å²) in [5.74, 6) is -0.191. The van der Waals surface area contributed by atoms with E-state index in [4.69, 9.17) is 0 Å². The Morgan fingerprint density at radius 1 is 1.17 bits per heavy atom. The molecule has 0 aliphatic carbocycles. The largest absolute Gasteiger partial charge is 0.354 e. The average molecular weight is 402 g/mol. The van der Waals surface area contributed by atoms with Gasteiger partial charge in [-0.15, -0.1) is 11.3 Å². The van der Waals surface area contributed by atoms with Crippen molar-refractivity contribution < 1.29 is 9.59 Å². The number of para-hydroxylation sites is 1. The number of hydrogen-bond donors (Lipinski definition) is 2. The highest BCUT2D eigenvalue weighted by atomic mass is 32.1. The second-order valence-electron chi connectivity index (χ2n) is 6.32. The quantitative estimate of drug-likeness (QED) is 0.458. The number of benzene rings is 2. The van der Waals surface area contributed by atoms with Crippen LogP contribution >= 0.6 is 11.3 Å². The van der Waals surface area contributed by atoms with Crippen molar-refractivity contribution in [3.8, 4) is 10.6 Å². The maximum atomic E-state index is 12.7. The first-order valence-corrected chi connectivity index (χ1v) is 10.0. The summed E-state index contributed by atoms with van der Waals surface area (Å²) >= 11 is 1.40. The van der Waals surface area contributed by atoms with Crippen molar-refractivity contribution in [3.05, 3.63) is 71.4 Å². The van der Waals surface area contributed by atoms with Crippen LogP contribution in [0.25, 0.3) is 21.5 Å². The molecule has 29 heavy (non-hydrogen) atoms. The number of aromatic nitrogens is 2. The summed E-state index contributed by atoms with van der Waals surface area (Å²) in [4.78, 5) is 32.4. The van der Waals surface area contributed by atoms with E-state index in [0.29, 0.717) is 23.5 Å². The van der Waals surface area contributed by atoms with E-state index >= 15 is 0 Å². The molecule has 0 spiro atoms. The molecule has 0 atom stereocenters. The summed E-state index contributed by atoms with van der Waals surface area (Å²) in [6.07, 6.45) is 2.32. The topological polar surface area (TPSA) is 84.0 Å². The second kappa shape index (κ2) is 8.20. The number of carbonyl (C=O) groups is 2. The van der Waals surface area contributed by atoms with E-state index in [1.165, 1.54) is 11.3 Å². The van der Waals surface area contributed by atoms with Gasteiger partial charge in [-0.1, -0.05) is 18.2 Å². The molecule has 2 aromatic heterocycles. The molecule has 2 heterocycles. The molecule has 1 amide bonds. The first-order valence-electron chi connectivity index (χ1n) is 9.13. The van der Waals surface area contributed by atoms with E-state index in [0.717, 1.165) is 33.4 Å². The van der Waals surface area contributed by atoms with Crippen LogP contribution in [0.4, 0.5) is 11.4 Å². The van der Waals surface area contributed by atoms with Crippen LogP contribution in [0.1, 0.15) is 27.8 Å². The summed E-state index contributed by atoms with van der Waals surface area (Å²) in [5.41, 5.74) is 4.04. The fourth-order valence-corrected chi connectivity index (χ4v) is 3.79. The van der Waals surface area contributed by atoms with Gasteiger partial charge in [-0.2, -0.15) is 0 Å². The number of nitrogens with zero attached hydrogens (tertiary/aromatic N) is 2. The predicted molar refractivity (Wildman–Crippen MR) is 116 cm³/mol. The zero-order valence-electron chi connectivity index (χ0n) is 15.7. The molecular formula is C22H18N4O2S. The minimum Gasteiger partial charge on any atom is -0.354 e. The Morgan fingerprint density at radius 2 is 2.00 bits per heavy atom. The molecule has 4 rings (SSSR count). The molecule has 0 aliphatic rings. The molecule has 0 radical (unpaired) electrons. The maximum Gasteiger partial charge on any atom is 0.254 e. The molecule has 0 unspecified atom stereocenters. The van der Waals surface area contributed by atoms with Gasteiger partial charge in [0.1, 0.15) is 10.7 Å². The number of rotatable bonds is 6. The third-order valence-electron chi connectivity index (χ3n) is 4.38. The summed E-state index contributed by atoms with van der Waals surface area (Å²) < 4.78 is 0. The number of hydrogen-bond acceptors (Lipinski definition) is 6. The second-order valence-corrected chi connectivity index (χ2v) is 7.18. The molecule has 4 aromatic rings. The number of amides is 1. The van der Waals surface area contributed by atoms with Crippen LogP contribution < -0.4 is 10.6 Å². The first kappa shape index (κ1) is 18.8. The molecule has 0 saturated carbocycles. The number of aldehydes is 1. The van der Waals surface area contributed by atoms with Crippen molar-refractivity contribution in [2.24, 2.45) is 0 Å². The van der Waals surface area contributed by atoms with Crippen LogP contribution in [0.2, 0.25) is 0 Å². The van der Waals surface area contributed by atoms with Crippen molar-refractivity contribution >= 4 is 45.8 Å². The highest BCUT2D eigenvalue weighted by Gasteiger charge is 2.17. The van der Waals surface area contributed by atoms with Gasteiger partial charge in [-0.3, -0.25) is 14.6 Å². The van der Waals surface area contributed by atoms with E-state index in [1.807, 2.05) is 55.5 Å². The van der Waals surface area contributed by atoms with Crippen LogP contribution in [0.3, 0.4) is 0 Å². The Hall–Kier alpha value is -3.58. The van der Waals surface area contributed by atoms with Crippen LogP contribution in [-0.2, 0) is 0 Å². The Kier molecular flexibility index (Phi) is 5.31. The van der Waals surface area contributed by atoms with Crippen LogP contribution in [0.15, 0.2) is 60.1 Å². The Labute approximate surface area is 171 Å². The SMILES string of the molecule is CCNC(=O)c1cnc2ccc(-c3nc(C=O)cs3)cc2c1Nc1ccccc1. The number of carbonyl (C=O) groups excluding carboxylic acids is 2. The average Bonchev–Trinajstić information content (AvgIpc) is 3.24. The van der Waals surface area contributed by atoms with Crippen molar-refractivity contribution in [2.75, 3.05) is 11.9 Å². The fraction of sp³-hybridized carbons (Fsp3) is 0.0909. The van der Waals surface area contributed by atoms with Gasteiger partial charge in [-0.05, 0) is 37.3 Å². The van der Waals surface area contributed by atoms with Crippen molar-refractivity contribution in [2.45, 2.75) is 6.92 Å². The predicted octanol–water partition coefficient (Wildman–Crippen LogP) is 4.66. The Bertz CT molecular complexity index is 1190. The molecule has 0 bridgehead atoms. The smallest absolute Gasteiger partial charge is 0.254 e. The lowest BCUT2D eigenvalue weighted by molar-refractivity contribution is 0.0956. The first-order chi connectivity index (χ1) is 14.2. The van der Waals surface area contributed by atoms with Gasteiger partial charge in [-0.25, -0.2) is 4.98 Å². The summed E-state index contributed by atoms with van der Waals surface area (Å²) in [5, 5.41) is 9.48. The van der Waals surface area contributed by atoms with Crippen molar-refractivity contribution in [1.82, 2.24) is 15.3 Å². The summed E-state index contributed by atoms with van der Waals surface area (Å²) in [6.45, 7) is 2.40. The minimum absolute atomic E-state index is 0.191. The fourth-order valence-electron chi connectivity index (χ4n) is 3.03. The molecule has 0 aliphatic heterocycles. The number of fused-ring (bicyclic) bond motifs is 1. The summed E-state index contributed by atoms with van der Waals surface area (Å²) in [6, 6.07) is 15.4. The van der Waals surface area contributed by atoms with Gasteiger partial charge >= 0.3 is 0 Å². The van der Waals surface area contributed by atoms with Gasteiger partial charge in [0.25, 0.3) is 5.91 Å². The molecule has 7 heteroatoms. The highest BCUT2D eigenvalue weighted by Crippen LogP contribution is 2.33. The minimum atomic E-state index is -0.191. The number of anilines is 2. The lowest BCUT2D eigenvalue weighted by atomic mass is 10.1. The van der Waals surface area contributed by atoms with E-state index in [1.54, 1.807) is 11.6 Å². The molecule has 144 valence electrons. The normalized spacial score (nSPS) is 10.7. The molecule has 2 aromatic carbocycles. The van der Waals surface area contributed by atoms with E-state index < -0.39 is 0 Å². The molecule has 2 N–H and O–H groups in total. The zero-order valence-corrected chi connectivity index (χ0v) is 16.5. The Morgan fingerprint density at radius 3 is 2.72 bits per heavy atom.